The molecule has 6 heteroatoms. The van der Waals surface area contributed by atoms with E-state index in [0.717, 1.165) is 22.6 Å². The molecule has 27 heavy (non-hydrogen) atoms. The summed E-state index contributed by atoms with van der Waals surface area (Å²) in [4.78, 5) is -0.0666. The van der Waals surface area contributed by atoms with Gasteiger partial charge in [-0.25, -0.2) is 0 Å². The Labute approximate surface area is 159 Å². The maximum atomic E-state index is 10.5. The third-order valence-electron chi connectivity index (χ3n) is 3.62. The Balaban J connectivity index is 0.000000208. The van der Waals surface area contributed by atoms with Gasteiger partial charge >= 0.3 is 0 Å². The molecule has 0 saturated carbocycles. The summed E-state index contributed by atoms with van der Waals surface area (Å²) in [5.74, 6) is 1.64. The van der Waals surface area contributed by atoms with Gasteiger partial charge in [0.25, 0.3) is 10.1 Å². The first-order valence-electron chi connectivity index (χ1n) is 8.35. The first kappa shape index (κ1) is 20.6. The number of rotatable bonds is 5. The molecule has 0 spiro atoms. The standard InChI is InChI=1S/C14H14O2.C7H8O3S/c15-11-10-12-6-8-14(9-7-12)16-13-4-2-1-3-5-13;1-6-2-4-7(5-3-6)11(8,9)10/h1-9,15H,10-11H2;2-5H,1H3,(H,8,9,10). The van der Waals surface area contributed by atoms with Crippen LogP contribution >= 0.6 is 0 Å². The van der Waals surface area contributed by atoms with E-state index < -0.39 is 10.1 Å². The molecule has 0 heterocycles. The third-order valence-corrected chi connectivity index (χ3v) is 4.49. The van der Waals surface area contributed by atoms with Gasteiger partial charge in [-0.1, -0.05) is 48.0 Å². The molecule has 3 aromatic rings. The van der Waals surface area contributed by atoms with E-state index in [2.05, 4.69) is 0 Å². The van der Waals surface area contributed by atoms with Crippen LogP contribution in [0.25, 0.3) is 0 Å². The second kappa shape index (κ2) is 9.87. The van der Waals surface area contributed by atoms with E-state index in [4.69, 9.17) is 14.4 Å². The number of para-hydroxylation sites is 1. The molecule has 0 saturated heterocycles. The molecule has 142 valence electrons. The maximum absolute atomic E-state index is 10.5. The number of aliphatic hydroxyl groups is 1. The Morgan fingerprint density at radius 3 is 1.89 bits per heavy atom. The summed E-state index contributed by atoms with van der Waals surface area (Å²) in [5, 5.41) is 8.79. The van der Waals surface area contributed by atoms with E-state index in [9.17, 15) is 8.42 Å². The van der Waals surface area contributed by atoms with Crippen molar-refractivity contribution >= 4 is 10.1 Å². The predicted octanol–water partition coefficient (Wildman–Crippen LogP) is 4.26. The average molecular weight is 386 g/mol. The zero-order chi connectivity index (χ0) is 19.7. The highest BCUT2D eigenvalue weighted by Crippen LogP contribution is 2.21. The lowest BCUT2D eigenvalue weighted by Gasteiger charge is -2.05. The Hall–Kier alpha value is -2.67. The molecule has 3 rings (SSSR count). The number of hydrogen-bond acceptors (Lipinski definition) is 4. The molecule has 5 nitrogen and oxygen atoms in total. The van der Waals surface area contributed by atoms with Crippen molar-refractivity contribution in [3.63, 3.8) is 0 Å². The van der Waals surface area contributed by atoms with E-state index >= 15 is 0 Å². The monoisotopic (exact) mass is 386 g/mol. The van der Waals surface area contributed by atoms with Crippen molar-refractivity contribution in [3.8, 4) is 11.5 Å². The SMILES string of the molecule is Cc1ccc(S(=O)(=O)O)cc1.OCCc1ccc(Oc2ccccc2)cc1. The molecule has 0 aliphatic heterocycles. The van der Waals surface area contributed by atoms with Crippen LogP contribution < -0.4 is 4.74 Å². The number of aryl methyl sites for hydroxylation is 1. The highest BCUT2D eigenvalue weighted by molar-refractivity contribution is 7.85. The van der Waals surface area contributed by atoms with Crippen LogP contribution in [0.5, 0.6) is 11.5 Å². The molecule has 0 aliphatic carbocycles. The molecule has 0 unspecified atom stereocenters. The van der Waals surface area contributed by atoms with Crippen molar-refractivity contribution in [3.05, 3.63) is 90.0 Å². The minimum absolute atomic E-state index is 0.0666. The van der Waals surface area contributed by atoms with E-state index in [1.54, 1.807) is 12.1 Å². The normalized spacial score (nSPS) is 10.6. The Bertz CT molecular complexity index is 919. The lowest BCUT2D eigenvalue weighted by molar-refractivity contribution is 0.299. The minimum atomic E-state index is -4.02. The first-order chi connectivity index (χ1) is 12.9. The fourth-order valence-electron chi connectivity index (χ4n) is 2.19. The molecule has 0 fully saturated rings. The highest BCUT2D eigenvalue weighted by atomic mass is 32.2. The third kappa shape index (κ3) is 7.22. The molecule has 0 aliphatic rings. The summed E-state index contributed by atoms with van der Waals surface area (Å²) in [6, 6.07) is 23.4. The number of hydrogen-bond donors (Lipinski definition) is 2. The largest absolute Gasteiger partial charge is 0.457 e. The van der Waals surface area contributed by atoms with Crippen LogP contribution in [0.1, 0.15) is 11.1 Å². The van der Waals surface area contributed by atoms with Crippen molar-refractivity contribution in [2.24, 2.45) is 0 Å². The molecular formula is C21H22O5S. The Morgan fingerprint density at radius 2 is 1.37 bits per heavy atom. The lowest BCUT2D eigenvalue weighted by Crippen LogP contribution is -1.96. The van der Waals surface area contributed by atoms with E-state index in [1.165, 1.54) is 12.1 Å². The highest BCUT2D eigenvalue weighted by Gasteiger charge is 2.06. The predicted molar refractivity (Wildman–Crippen MR) is 105 cm³/mol. The average Bonchev–Trinajstić information content (AvgIpc) is 2.65. The van der Waals surface area contributed by atoms with Gasteiger partial charge < -0.3 is 9.84 Å². The van der Waals surface area contributed by atoms with E-state index in [-0.39, 0.29) is 11.5 Å². The van der Waals surface area contributed by atoms with Gasteiger partial charge in [0.2, 0.25) is 0 Å². The van der Waals surface area contributed by atoms with Gasteiger partial charge in [0.15, 0.2) is 0 Å². The number of ether oxygens (including phenoxy) is 1. The second-order valence-corrected chi connectivity index (χ2v) is 7.24. The van der Waals surface area contributed by atoms with Crippen LogP contribution in [0.3, 0.4) is 0 Å². The van der Waals surface area contributed by atoms with Crippen LogP contribution in [0, 0.1) is 6.92 Å². The molecule has 0 aromatic heterocycles. The summed E-state index contributed by atoms with van der Waals surface area (Å²) in [7, 11) is -4.02. The summed E-state index contributed by atoms with van der Waals surface area (Å²) in [6.45, 7) is 2.02. The van der Waals surface area contributed by atoms with Gasteiger partial charge in [0, 0.05) is 6.61 Å². The van der Waals surface area contributed by atoms with Crippen molar-refractivity contribution in [2.75, 3.05) is 6.61 Å². The molecular weight excluding hydrogens is 364 g/mol. The van der Waals surface area contributed by atoms with Gasteiger partial charge in [-0.2, -0.15) is 8.42 Å². The van der Waals surface area contributed by atoms with Gasteiger partial charge in [0.1, 0.15) is 11.5 Å². The summed E-state index contributed by atoms with van der Waals surface area (Å²) in [6.07, 6.45) is 0.686. The van der Waals surface area contributed by atoms with Crippen molar-refractivity contribution < 1.29 is 22.8 Å². The van der Waals surface area contributed by atoms with Gasteiger partial charge in [-0.05, 0) is 55.3 Å². The Morgan fingerprint density at radius 1 is 0.815 bits per heavy atom. The summed E-state index contributed by atoms with van der Waals surface area (Å²) in [5.41, 5.74) is 2.07. The number of aliphatic hydroxyl groups excluding tert-OH is 1. The zero-order valence-electron chi connectivity index (χ0n) is 14.9. The fourth-order valence-corrected chi connectivity index (χ4v) is 2.67. The lowest BCUT2D eigenvalue weighted by atomic mass is 10.1. The number of benzene rings is 3. The summed E-state index contributed by atoms with van der Waals surface area (Å²) < 4.78 is 35.2. The van der Waals surface area contributed by atoms with Crippen LogP contribution in [-0.2, 0) is 16.5 Å². The van der Waals surface area contributed by atoms with Crippen molar-refractivity contribution in [1.82, 2.24) is 0 Å². The zero-order valence-corrected chi connectivity index (χ0v) is 15.8. The van der Waals surface area contributed by atoms with Crippen molar-refractivity contribution in [2.45, 2.75) is 18.2 Å². The van der Waals surface area contributed by atoms with Gasteiger partial charge in [0.05, 0.1) is 4.90 Å². The first-order valence-corrected chi connectivity index (χ1v) is 9.79. The molecule has 0 bridgehead atoms. The fraction of sp³-hybridized carbons (Fsp3) is 0.143. The van der Waals surface area contributed by atoms with E-state index in [0.29, 0.717) is 6.42 Å². The smallest absolute Gasteiger partial charge is 0.294 e. The maximum Gasteiger partial charge on any atom is 0.294 e. The van der Waals surface area contributed by atoms with Gasteiger partial charge in [-0.15, -0.1) is 0 Å². The van der Waals surface area contributed by atoms with Crippen LogP contribution in [0.2, 0.25) is 0 Å². The molecule has 0 radical (unpaired) electrons. The molecule has 0 atom stereocenters. The van der Waals surface area contributed by atoms with Crippen LogP contribution in [0.4, 0.5) is 0 Å². The van der Waals surface area contributed by atoms with Crippen LogP contribution in [0.15, 0.2) is 83.8 Å². The quantitative estimate of drug-likeness (QED) is 0.640. The Kier molecular flexibility index (Phi) is 7.55. The van der Waals surface area contributed by atoms with Crippen molar-refractivity contribution in [1.29, 1.82) is 0 Å². The molecule has 2 N–H and O–H groups in total. The van der Waals surface area contributed by atoms with E-state index in [1.807, 2.05) is 61.5 Å². The minimum Gasteiger partial charge on any atom is -0.457 e. The molecule has 3 aromatic carbocycles. The van der Waals surface area contributed by atoms with Crippen LogP contribution in [-0.4, -0.2) is 24.7 Å². The molecule has 0 amide bonds. The summed E-state index contributed by atoms with van der Waals surface area (Å²) >= 11 is 0. The van der Waals surface area contributed by atoms with Gasteiger partial charge in [-0.3, -0.25) is 4.55 Å². The topological polar surface area (TPSA) is 83.8 Å². The second-order valence-electron chi connectivity index (χ2n) is 5.82.